The quantitative estimate of drug-likeness (QED) is 0.632. The number of hydrogen-bond donors (Lipinski definition) is 1. The summed E-state index contributed by atoms with van der Waals surface area (Å²) in [5.74, 6) is 0. The van der Waals surface area contributed by atoms with E-state index in [-0.39, 0.29) is 0 Å². The van der Waals surface area contributed by atoms with Crippen molar-refractivity contribution in [3.05, 3.63) is 60.9 Å². The molecule has 0 aliphatic carbocycles. The zero-order valence-electron chi connectivity index (χ0n) is 9.03. The zero-order chi connectivity index (χ0) is 10.6. The molecule has 14 heavy (non-hydrogen) atoms. The molecule has 0 aromatic carbocycles. The van der Waals surface area contributed by atoms with Crippen molar-refractivity contribution >= 4 is 0 Å². The first-order valence-corrected chi connectivity index (χ1v) is 4.82. The van der Waals surface area contributed by atoms with Crippen molar-refractivity contribution in [2.45, 2.75) is 13.8 Å². The summed E-state index contributed by atoms with van der Waals surface area (Å²) >= 11 is 0. The molecule has 0 aromatic rings. The van der Waals surface area contributed by atoms with Gasteiger partial charge in [-0.25, -0.2) is 0 Å². The van der Waals surface area contributed by atoms with Crippen molar-refractivity contribution in [2.75, 3.05) is 6.54 Å². The van der Waals surface area contributed by atoms with Crippen LogP contribution >= 0.6 is 0 Å². The summed E-state index contributed by atoms with van der Waals surface area (Å²) in [5, 5.41) is 3.23. The third-order valence-electron chi connectivity index (χ3n) is 1.55. The minimum atomic E-state index is 0.819. The fourth-order valence-corrected chi connectivity index (χ4v) is 0.834. The van der Waals surface area contributed by atoms with E-state index in [1.165, 1.54) is 0 Å². The van der Waals surface area contributed by atoms with E-state index >= 15 is 0 Å². The van der Waals surface area contributed by atoms with E-state index < -0.39 is 0 Å². The van der Waals surface area contributed by atoms with Crippen molar-refractivity contribution < 1.29 is 0 Å². The summed E-state index contributed by atoms with van der Waals surface area (Å²) in [5.41, 5.74) is 1.04. The standard InChI is InChI=1S/C13H19N/c1-4-7-9-10-12-14-13(6-3)11-8-5-2/h4-11,14H,3,12H2,1-2H3/b7-4-,8-5-,10-9-,13-11+. The summed E-state index contributed by atoms with van der Waals surface area (Å²) in [6, 6.07) is 0. The highest BCUT2D eigenvalue weighted by Gasteiger charge is 1.83. The van der Waals surface area contributed by atoms with Crippen LogP contribution in [0.2, 0.25) is 0 Å². The summed E-state index contributed by atoms with van der Waals surface area (Å²) in [6.45, 7) is 8.53. The van der Waals surface area contributed by atoms with Gasteiger partial charge in [-0.1, -0.05) is 43.0 Å². The molecule has 0 unspecified atom stereocenters. The van der Waals surface area contributed by atoms with E-state index in [2.05, 4.69) is 18.0 Å². The SMILES string of the molecule is C=C/C(=C\C=C/C)NC/C=C\C=C/C. The van der Waals surface area contributed by atoms with Crippen LogP contribution in [-0.2, 0) is 0 Å². The Morgan fingerprint density at radius 3 is 2.43 bits per heavy atom. The van der Waals surface area contributed by atoms with E-state index in [0.29, 0.717) is 0 Å². The highest BCUT2D eigenvalue weighted by molar-refractivity contribution is 5.20. The molecule has 1 N–H and O–H groups in total. The number of nitrogens with one attached hydrogen (secondary N) is 1. The maximum Gasteiger partial charge on any atom is 0.0336 e. The van der Waals surface area contributed by atoms with Gasteiger partial charge in [-0.05, 0) is 26.0 Å². The van der Waals surface area contributed by atoms with Crippen molar-refractivity contribution in [1.29, 1.82) is 0 Å². The molecule has 1 nitrogen and oxygen atoms in total. The van der Waals surface area contributed by atoms with Gasteiger partial charge in [-0.2, -0.15) is 0 Å². The Morgan fingerprint density at radius 2 is 1.86 bits per heavy atom. The van der Waals surface area contributed by atoms with Crippen LogP contribution in [0.5, 0.6) is 0 Å². The van der Waals surface area contributed by atoms with Gasteiger partial charge in [0.15, 0.2) is 0 Å². The maximum absolute atomic E-state index is 3.73. The van der Waals surface area contributed by atoms with Gasteiger partial charge in [-0.3, -0.25) is 0 Å². The summed E-state index contributed by atoms with van der Waals surface area (Å²) in [7, 11) is 0. The Balaban J connectivity index is 3.90. The minimum Gasteiger partial charge on any atom is -0.382 e. The second kappa shape index (κ2) is 9.59. The summed E-state index contributed by atoms with van der Waals surface area (Å²) < 4.78 is 0. The molecule has 0 spiro atoms. The van der Waals surface area contributed by atoms with Gasteiger partial charge >= 0.3 is 0 Å². The van der Waals surface area contributed by atoms with Gasteiger partial charge in [0.05, 0.1) is 0 Å². The van der Waals surface area contributed by atoms with Crippen molar-refractivity contribution in [3.63, 3.8) is 0 Å². The van der Waals surface area contributed by atoms with Gasteiger partial charge in [0, 0.05) is 12.2 Å². The van der Waals surface area contributed by atoms with Gasteiger partial charge in [-0.15, -0.1) is 0 Å². The first kappa shape index (κ1) is 12.5. The highest BCUT2D eigenvalue weighted by atomic mass is 14.9. The fourth-order valence-electron chi connectivity index (χ4n) is 0.834. The molecule has 0 rings (SSSR count). The van der Waals surface area contributed by atoms with Crippen LogP contribution in [0.4, 0.5) is 0 Å². The zero-order valence-corrected chi connectivity index (χ0v) is 9.03. The molecule has 76 valence electrons. The molecular weight excluding hydrogens is 170 g/mol. The molecule has 0 bridgehead atoms. The monoisotopic (exact) mass is 189 g/mol. The molecule has 0 saturated carbocycles. The van der Waals surface area contributed by atoms with Gasteiger partial charge in [0.1, 0.15) is 0 Å². The molecule has 0 saturated heterocycles. The second-order valence-electron chi connectivity index (χ2n) is 2.69. The predicted molar refractivity (Wildman–Crippen MR) is 65.1 cm³/mol. The van der Waals surface area contributed by atoms with Crippen LogP contribution in [0.25, 0.3) is 0 Å². The Hall–Kier alpha value is -1.50. The third kappa shape index (κ3) is 7.17. The Bertz CT molecular complexity index is 254. The highest BCUT2D eigenvalue weighted by Crippen LogP contribution is 1.90. The van der Waals surface area contributed by atoms with E-state index in [9.17, 15) is 0 Å². The Kier molecular flexibility index (Phi) is 8.56. The molecule has 0 aliphatic rings. The number of rotatable bonds is 6. The van der Waals surface area contributed by atoms with Gasteiger partial charge in [0.25, 0.3) is 0 Å². The lowest BCUT2D eigenvalue weighted by atomic mass is 10.3. The van der Waals surface area contributed by atoms with Crippen molar-refractivity contribution in [2.24, 2.45) is 0 Å². The third-order valence-corrected chi connectivity index (χ3v) is 1.55. The number of allylic oxidation sites excluding steroid dienone is 7. The smallest absolute Gasteiger partial charge is 0.0336 e. The molecule has 0 radical (unpaired) electrons. The molecule has 1 heteroatoms. The first-order chi connectivity index (χ1) is 6.85. The summed E-state index contributed by atoms with van der Waals surface area (Å²) in [4.78, 5) is 0. The van der Waals surface area contributed by atoms with E-state index in [1.54, 1.807) is 0 Å². The number of hydrogen-bond acceptors (Lipinski definition) is 1. The summed E-state index contributed by atoms with van der Waals surface area (Å²) in [6.07, 6.45) is 15.9. The van der Waals surface area contributed by atoms with Gasteiger partial charge in [0.2, 0.25) is 0 Å². The topological polar surface area (TPSA) is 12.0 Å². The lowest BCUT2D eigenvalue weighted by molar-refractivity contribution is 0.936. The second-order valence-corrected chi connectivity index (χ2v) is 2.69. The molecule has 0 heterocycles. The van der Waals surface area contributed by atoms with Crippen LogP contribution in [0, 0.1) is 0 Å². The largest absolute Gasteiger partial charge is 0.382 e. The molecular formula is C13H19N. The Labute approximate surface area is 87.2 Å². The lowest BCUT2D eigenvalue weighted by Crippen LogP contribution is -2.10. The van der Waals surface area contributed by atoms with E-state index in [4.69, 9.17) is 0 Å². The van der Waals surface area contributed by atoms with Crippen LogP contribution in [-0.4, -0.2) is 6.54 Å². The van der Waals surface area contributed by atoms with E-state index in [1.807, 2.05) is 56.4 Å². The van der Waals surface area contributed by atoms with Crippen LogP contribution in [0.1, 0.15) is 13.8 Å². The average molecular weight is 189 g/mol. The Morgan fingerprint density at radius 1 is 1.14 bits per heavy atom. The molecule has 0 aromatic heterocycles. The maximum atomic E-state index is 3.73. The molecule has 0 aliphatic heterocycles. The van der Waals surface area contributed by atoms with Gasteiger partial charge < -0.3 is 5.32 Å². The fraction of sp³-hybridized carbons (Fsp3) is 0.231. The van der Waals surface area contributed by atoms with Crippen molar-refractivity contribution in [1.82, 2.24) is 5.32 Å². The predicted octanol–water partition coefficient (Wildman–Crippen LogP) is 3.35. The molecule has 0 atom stereocenters. The lowest BCUT2D eigenvalue weighted by Gasteiger charge is -2.01. The minimum absolute atomic E-state index is 0.819. The van der Waals surface area contributed by atoms with E-state index in [0.717, 1.165) is 12.2 Å². The normalized spacial score (nSPS) is 13.1. The van der Waals surface area contributed by atoms with Crippen LogP contribution < -0.4 is 5.32 Å². The first-order valence-electron chi connectivity index (χ1n) is 4.82. The van der Waals surface area contributed by atoms with Crippen LogP contribution in [0.15, 0.2) is 60.9 Å². The molecule has 0 fully saturated rings. The molecule has 0 amide bonds. The van der Waals surface area contributed by atoms with Crippen LogP contribution in [0.3, 0.4) is 0 Å². The average Bonchev–Trinajstić information content (AvgIpc) is 2.22. The van der Waals surface area contributed by atoms with Crippen molar-refractivity contribution in [3.8, 4) is 0 Å².